The Morgan fingerprint density at radius 1 is 1.06 bits per heavy atom. The van der Waals surface area contributed by atoms with Crippen molar-refractivity contribution in [2.75, 3.05) is 0 Å². The van der Waals surface area contributed by atoms with Crippen molar-refractivity contribution in [3.05, 3.63) is 0 Å². The summed E-state index contributed by atoms with van der Waals surface area (Å²) in [7, 11) is -4.17. The summed E-state index contributed by atoms with van der Waals surface area (Å²) in [6.07, 6.45) is 0.317. The first-order valence-corrected chi connectivity index (χ1v) is 11.9. The van der Waals surface area contributed by atoms with Gasteiger partial charge < -0.3 is 4.43 Å². The van der Waals surface area contributed by atoms with Crippen LogP contribution in [0.2, 0.25) is 37.3 Å². The third-order valence-corrected chi connectivity index (χ3v) is 9.18. The molecule has 0 amide bonds. The molecule has 95 valence electrons. The van der Waals surface area contributed by atoms with Crippen LogP contribution in [0.5, 0.6) is 0 Å². The van der Waals surface area contributed by atoms with Crippen molar-refractivity contribution in [2.24, 2.45) is 0 Å². The largest absolute Gasteiger partial charge is 0.519 e. The highest BCUT2D eigenvalue weighted by atomic mass is 28.4. The van der Waals surface area contributed by atoms with E-state index in [0.29, 0.717) is 12.5 Å². The Hall–Kier alpha value is -0.136. The first kappa shape index (κ1) is 15.9. The lowest BCUT2D eigenvalue weighted by molar-refractivity contribution is -0.135. The van der Waals surface area contributed by atoms with E-state index in [1.54, 1.807) is 13.1 Å². The molecule has 0 rings (SSSR count). The lowest BCUT2D eigenvalue weighted by Crippen LogP contribution is -2.38. The summed E-state index contributed by atoms with van der Waals surface area (Å²) in [6.45, 7) is 9.77. The van der Waals surface area contributed by atoms with Gasteiger partial charge in [0.15, 0.2) is 0 Å². The SMILES string of the molecule is CC[Si](CC)(CC)OC(=O)CC[Si](C)(C)[O]. The van der Waals surface area contributed by atoms with Gasteiger partial charge in [-0.25, -0.2) is 0 Å². The summed E-state index contributed by atoms with van der Waals surface area (Å²) in [4.78, 5) is 23.2. The fraction of sp³-hybridized carbons (Fsp3) is 0.909. The van der Waals surface area contributed by atoms with Crippen molar-refractivity contribution in [1.82, 2.24) is 0 Å². The average molecular weight is 261 g/mol. The van der Waals surface area contributed by atoms with Gasteiger partial charge in [0, 0.05) is 6.42 Å². The number of carbonyl (C=O) groups excluding carboxylic acids is 1. The molecule has 0 aromatic carbocycles. The Bertz CT molecular complexity index is 211. The second-order valence-electron chi connectivity index (χ2n) is 4.98. The first-order chi connectivity index (χ1) is 7.28. The molecule has 1 radical (unpaired) electrons. The third kappa shape index (κ3) is 5.81. The van der Waals surface area contributed by atoms with E-state index in [1.807, 2.05) is 0 Å². The van der Waals surface area contributed by atoms with Gasteiger partial charge in [-0.1, -0.05) is 20.8 Å². The number of hydrogen-bond acceptors (Lipinski definition) is 2. The molecule has 0 saturated heterocycles. The van der Waals surface area contributed by atoms with Crippen LogP contribution in [0.4, 0.5) is 0 Å². The second kappa shape index (κ2) is 6.56. The summed E-state index contributed by atoms with van der Waals surface area (Å²) in [5, 5.41) is 0. The van der Waals surface area contributed by atoms with E-state index in [1.165, 1.54) is 0 Å². The molecular formula is C11H25O3Si2. The zero-order chi connectivity index (χ0) is 12.8. The minimum Gasteiger partial charge on any atom is -0.519 e. The first-order valence-electron chi connectivity index (χ1n) is 6.21. The highest BCUT2D eigenvalue weighted by Crippen LogP contribution is 2.23. The van der Waals surface area contributed by atoms with Crippen LogP contribution in [-0.2, 0) is 14.0 Å². The minimum atomic E-state index is -2.36. The van der Waals surface area contributed by atoms with Crippen LogP contribution in [0.25, 0.3) is 0 Å². The molecule has 0 aliphatic rings. The van der Waals surface area contributed by atoms with Gasteiger partial charge >= 0.3 is 0 Å². The summed E-state index contributed by atoms with van der Waals surface area (Å²) >= 11 is 0. The Morgan fingerprint density at radius 2 is 1.50 bits per heavy atom. The van der Waals surface area contributed by atoms with Gasteiger partial charge in [0.05, 0.1) is 0 Å². The van der Waals surface area contributed by atoms with Crippen molar-refractivity contribution in [2.45, 2.75) is 64.5 Å². The van der Waals surface area contributed by atoms with E-state index in [2.05, 4.69) is 20.8 Å². The van der Waals surface area contributed by atoms with Crippen LogP contribution in [0.15, 0.2) is 0 Å². The molecule has 16 heavy (non-hydrogen) atoms. The number of rotatable bonds is 7. The standard InChI is InChI=1S/C11H25O3Si2/c1-6-16(7-2,8-3)14-11(12)9-10-15(4,5)13/h6-10H2,1-5H3. The summed E-state index contributed by atoms with van der Waals surface area (Å²) in [6, 6.07) is 3.42. The zero-order valence-electron chi connectivity index (χ0n) is 11.3. The van der Waals surface area contributed by atoms with E-state index in [0.717, 1.165) is 18.1 Å². The van der Waals surface area contributed by atoms with E-state index in [4.69, 9.17) is 4.43 Å². The quantitative estimate of drug-likeness (QED) is 0.658. The predicted molar refractivity (Wildman–Crippen MR) is 70.9 cm³/mol. The molecule has 0 fully saturated rings. The highest BCUT2D eigenvalue weighted by Gasteiger charge is 2.33. The molecule has 0 bridgehead atoms. The van der Waals surface area contributed by atoms with E-state index >= 15 is 0 Å². The van der Waals surface area contributed by atoms with Gasteiger partial charge in [-0.2, -0.15) is 0 Å². The van der Waals surface area contributed by atoms with Gasteiger partial charge in [0.1, 0.15) is 0 Å². The smallest absolute Gasteiger partial charge is 0.292 e. The molecule has 0 spiro atoms. The average Bonchev–Trinajstić information content (AvgIpc) is 2.22. The van der Waals surface area contributed by atoms with Crippen molar-refractivity contribution < 1.29 is 14.0 Å². The van der Waals surface area contributed by atoms with Crippen LogP contribution in [-0.4, -0.2) is 22.6 Å². The molecule has 3 nitrogen and oxygen atoms in total. The maximum atomic E-state index is 11.7. The van der Waals surface area contributed by atoms with Crippen LogP contribution < -0.4 is 0 Å². The number of carbonyl (C=O) groups is 1. The molecule has 0 aromatic heterocycles. The van der Waals surface area contributed by atoms with Crippen molar-refractivity contribution in [1.29, 1.82) is 0 Å². The van der Waals surface area contributed by atoms with Crippen LogP contribution >= 0.6 is 0 Å². The second-order valence-corrected chi connectivity index (χ2v) is 13.7. The van der Waals surface area contributed by atoms with Crippen LogP contribution in [0.3, 0.4) is 0 Å². The molecule has 0 heterocycles. The lowest BCUT2D eigenvalue weighted by atomic mass is 10.5. The molecule has 5 heteroatoms. The van der Waals surface area contributed by atoms with Crippen LogP contribution in [0.1, 0.15) is 27.2 Å². The summed E-state index contributed by atoms with van der Waals surface area (Å²) in [5.41, 5.74) is 0. The highest BCUT2D eigenvalue weighted by molar-refractivity contribution is 6.75. The predicted octanol–water partition coefficient (Wildman–Crippen LogP) is 3.56. The molecule has 0 aliphatic carbocycles. The Balaban J connectivity index is 4.21. The molecule has 0 saturated carbocycles. The van der Waals surface area contributed by atoms with Gasteiger partial charge in [-0.05, 0) is 37.3 Å². The topological polar surface area (TPSA) is 46.2 Å². The summed E-state index contributed by atoms with van der Waals surface area (Å²) in [5.74, 6) is -0.145. The fourth-order valence-corrected chi connectivity index (χ4v) is 4.99. The van der Waals surface area contributed by atoms with Gasteiger partial charge in [-0.15, -0.1) is 0 Å². The van der Waals surface area contributed by atoms with E-state index in [9.17, 15) is 9.59 Å². The Labute approximate surface area is 101 Å². The van der Waals surface area contributed by atoms with Crippen LogP contribution in [0, 0.1) is 0 Å². The molecule has 0 aromatic rings. The molecule has 0 atom stereocenters. The van der Waals surface area contributed by atoms with Gasteiger partial charge in [-0.3, -0.25) is 9.59 Å². The zero-order valence-corrected chi connectivity index (χ0v) is 13.3. The maximum Gasteiger partial charge on any atom is 0.292 e. The van der Waals surface area contributed by atoms with Gasteiger partial charge in [0.25, 0.3) is 14.3 Å². The molecule has 0 N–H and O–H groups in total. The summed E-state index contributed by atoms with van der Waals surface area (Å²) < 4.78 is 5.66. The lowest BCUT2D eigenvalue weighted by Gasteiger charge is -2.27. The number of hydrogen-bond donors (Lipinski definition) is 0. The molecular weight excluding hydrogens is 236 g/mol. The van der Waals surface area contributed by atoms with Crippen molar-refractivity contribution >= 4 is 22.6 Å². The monoisotopic (exact) mass is 261 g/mol. The van der Waals surface area contributed by atoms with Crippen molar-refractivity contribution in [3.63, 3.8) is 0 Å². The maximum absolute atomic E-state index is 11.7. The molecule has 0 aliphatic heterocycles. The van der Waals surface area contributed by atoms with Gasteiger partial charge in [0.2, 0.25) is 8.32 Å². The normalized spacial score (nSPS) is 12.6. The van der Waals surface area contributed by atoms with E-state index in [-0.39, 0.29) is 5.97 Å². The minimum absolute atomic E-state index is 0.145. The fourth-order valence-electron chi connectivity index (χ4n) is 1.66. The molecule has 0 unspecified atom stereocenters. The Kier molecular flexibility index (Phi) is 6.51. The Morgan fingerprint density at radius 3 is 1.81 bits per heavy atom. The third-order valence-electron chi connectivity index (χ3n) is 3.19. The van der Waals surface area contributed by atoms with Crippen molar-refractivity contribution in [3.8, 4) is 0 Å². The van der Waals surface area contributed by atoms with E-state index < -0.39 is 16.6 Å².